The van der Waals surface area contributed by atoms with Crippen LogP contribution < -0.4 is 34.2 Å². The Morgan fingerprint density at radius 3 is 2.30 bits per heavy atom. The van der Waals surface area contributed by atoms with E-state index in [9.17, 15) is 19.0 Å². The Hall–Kier alpha value is -2.24. The third kappa shape index (κ3) is 6.51. The van der Waals surface area contributed by atoms with Gasteiger partial charge in [0.15, 0.2) is 43.1 Å². The van der Waals surface area contributed by atoms with Crippen LogP contribution in [0.15, 0.2) is 34.5 Å². The summed E-state index contributed by atoms with van der Waals surface area (Å²) < 4.78 is 78.9. The lowest BCUT2D eigenvalue weighted by molar-refractivity contribution is -0.217. The Morgan fingerprint density at radius 2 is 1.64 bits per heavy atom. The number of halogens is 2. The van der Waals surface area contributed by atoms with E-state index in [0.29, 0.717) is 4.57 Å². The lowest BCUT2D eigenvalue weighted by Gasteiger charge is -2.36. The average Bonchev–Trinajstić information content (AvgIpc) is 3.57. The molecule has 44 heavy (non-hydrogen) atoms. The maximum absolute atomic E-state index is 15.8. The normalized spacial score (nSPS) is 37.5. The summed E-state index contributed by atoms with van der Waals surface area (Å²) in [6, 6.07) is 0.944. The summed E-state index contributed by atoms with van der Waals surface area (Å²) in [5.41, 5.74) is 4.30. The Labute approximate surface area is 255 Å². The van der Waals surface area contributed by atoms with Crippen molar-refractivity contribution in [2.75, 3.05) is 18.9 Å². The van der Waals surface area contributed by atoms with Gasteiger partial charge in [-0.2, -0.15) is 0 Å². The van der Waals surface area contributed by atoms with Crippen molar-refractivity contribution in [1.82, 2.24) is 41.4 Å². The molecule has 0 bridgehead atoms. The van der Waals surface area contributed by atoms with Crippen LogP contribution in [-0.2, 0) is 56.2 Å². The topological polar surface area (TPSA) is 293 Å². The zero-order valence-electron chi connectivity index (χ0n) is 22.7. The van der Waals surface area contributed by atoms with Gasteiger partial charge in [0.2, 0.25) is 0 Å². The smallest absolute Gasteiger partial charge is 0.330 e. The highest BCUT2D eigenvalue weighted by molar-refractivity contribution is 8.32. The van der Waals surface area contributed by atoms with Gasteiger partial charge in [-0.3, -0.25) is 23.5 Å². The van der Waals surface area contributed by atoms with Gasteiger partial charge in [-0.05, 0) is 0 Å². The standard InChI is InChI=1S/C19H21F2N7O10P2S2.2H3N/c20-10-13-7(35-17(10)27-2-1-9(29)26-19(27)30)3-33-40(32,42)38-14-8(4-34-39(31,41)37-13)36-18(11(14)21)28-6-25-12-15(22)23-5-24-16(12)28;;/h1-2,5-8,10-11,13-14,17-18H,3-4H2,(H,31,41)(H,32,42)(H2,22,23,24)(H,26,29,30);2*1H3/t7-,8-,10+,11+,13?,14?,17-,18-,39?,40?;;/m1../s1. The second-order valence-corrected chi connectivity index (χ2v) is 14.7. The van der Waals surface area contributed by atoms with Crippen LogP contribution in [0.2, 0.25) is 0 Å². The minimum Gasteiger partial charge on any atom is -0.780 e. The number of fused-ring (bicyclic) bond motifs is 3. The van der Waals surface area contributed by atoms with E-state index in [2.05, 4.69) is 15.0 Å². The molecule has 0 amide bonds. The van der Waals surface area contributed by atoms with Gasteiger partial charge in [0.05, 0.1) is 19.5 Å². The number of alkyl halides is 2. The number of nitrogens with two attached hydrogens (primary N) is 1. The zero-order chi connectivity index (χ0) is 30.0. The number of quaternary nitrogens is 2. The van der Waals surface area contributed by atoms with Crippen molar-refractivity contribution in [3.05, 3.63) is 45.8 Å². The number of aromatic amines is 1. The van der Waals surface area contributed by atoms with Crippen molar-refractivity contribution in [1.29, 1.82) is 0 Å². The first-order chi connectivity index (χ1) is 19.8. The fourth-order valence-electron chi connectivity index (χ4n) is 4.73. The van der Waals surface area contributed by atoms with E-state index < -0.39 is 87.2 Å². The molecule has 0 radical (unpaired) electrons. The van der Waals surface area contributed by atoms with Gasteiger partial charge in [0.1, 0.15) is 43.0 Å². The van der Waals surface area contributed by atoms with E-state index in [4.69, 9.17) is 57.4 Å². The lowest BCUT2D eigenvalue weighted by Crippen LogP contribution is -2.39. The van der Waals surface area contributed by atoms with E-state index in [-0.39, 0.29) is 29.3 Å². The van der Waals surface area contributed by atoms with Gasteiger partial charge in [0, 0.05) is 12.3 Å². The second kappa shape index (κ2) is 12.9. The molecule has 3 aliphatic rings. The van der Waals surface area contributed by atoms with Gasteiger partial charge in [-0.1, -0.05) is 11.8 Å². The highest BCUT2D eigenvalue weighted by Crippen LogP contribution is 2.54. The number of hydrogen-bond donors (Lipinski definition) is 4. The summed E-state index contributed by atoms with van der Waals surface area (Å²) in [6.07, 6.45) is -10.6. The number of anilines is 1. The Balaban J connectivity index is 0.00000221. The van der Waals surface area contributed by atoms with Crippen LogP contribution in [0.5, 0.6) is 0 Å². The predicted octanol–water partition coefficient (Wildman–Crippen LogP) is 0.239. The van der Waals surface area contributed by atoms with Gasteiger partial charge in [0.25, 0.3) is 5.56 Å². The first-order valence-corrected chi connectivity index (χ1v) is 17.1. The third-order valence-corrected chi connectivity index (χ3v) is 9.70. The molecule has 25 heteroatoms. The quantitative estimate of drug-likeness (QED) is 0.205. The van der Waals surface area contributed by atoms with Crippen molar-refractivity contribution >= 4 is 54.6 Å². The van der Waals surface area contributed by atoms with E-state index in [1.165, 1.54) is 10.9 Å². The predicted molar refractivity (Wildman–Crippen MR) is 152 cm³/mol. The number of imidazole rings is 1. The molecule has 0 aromatic carbocycles. The molecule has 3 fully saturated rings. The number of nitrogen functional groups attached to an aromatic ring is 1. The molecule has 3 aliphatic heterocycles. The molecule has 11 N–H and O–H groups in total. The Kier molecular flexibility index (Phi) is 10.1. The lowest BCUT2D eigenvalue weighted by atomic mass is 10.1. The van der Waals surface area contributed by atoms with Crippen LogP contribution in [0, 0.1) is 0 Å². The van der Waals surface area contributed by atoms with Crippen molar-refractivity contribution in [3.63, 3.8) is 0 Å². The molecular weight excluding hydrogens is 678 g/mol. The maximum Gasteiger partial charge on any atom is 0.330 e. The fourth-order valence-corrected chi connectivity index (χ4v) is 7.57. The minimum absolute atomic E-state index is 0. The summed E-state index contributed by atoms with van der Waals surface area (Å²) >= 11 is 9.90. The number of H-pyrrole nitrogens is 1. The number of rotatable bonds is 2. The van der Waals surface area contributed by atoms with Gasteiger partial charge in [-0.15, -0.1) is 0 Å². The molecule has 3 aromatic heterocycles. The summed E-state index contributed by atoms with van der Waals surface area (Å²) in [7, 11) is 0. The molecule has 19 nitrogen and oxygen atoms in total. The van der Waals surface area contributed by atoms with Crippen molar-refractivity contribution < 1.29 is 45.8 Å². The number of ether oxygens (including phenoxy) is 2. The third-order valence-electron chi connectivity index (χ3n) is 6.62. The number of aromatic nitrogens is 6. The molecule has 3 saturated heterocycles. The Bertz CT molecular complexity index is 1730. The monoisotopic (exact) mass is 705 g/mol. The van der Waals surface area contributed by atoms with Crippen molar-refractivity contribution in [3.8, 4) is 0 Å². The fraction of sp³-hybridized carbons (Fsp3) is 0.526. The molecule has 244 valence electrons. The highest BCUT2D eigenvalue weighted by Gasteiger charge is 2.52. The second-order valence-electron chi connectivity index (χ2n) is 9.25. The van der Waals surface area contributed by atoms with Crippen LogP contribution in [0.25, 0.3) is 11.2 Å². The minimum atomic E-state index is -4.56. The molecule has 4 unspecified atom stereocenters. The Morgan fingerprint density at radius 1 is 1.02 bits per heavy atom. The molecule has 3 aromatic rings. The van der Waals surface area contributed by atoms with E-state index in [1.54, 1.807) is 0 Å². The van der Waals surface area contributed by atoms with Crippen LogP contribution in [0.1, 0.15) is 12.5 Å². The van der Waals surface area contributed by atoms with Gasteiger partial charge < -0.3 is 62.7 Å². The van der Waals surface area contributed by atoms with Crippen LogP contribution in [0.4, 0.5) is 14.6 Å². The SMILES string of the molecule is Nc1ncnc2c1ncn2[C@@H]1O[C@@H]2COP([O-])(=S)OC3[C@@H](COP(=O)([S-])OC2[C@@H]1F)O[C@@H](n1ccc(=O)[nH]c1=O)[C@H]3F.[NH4+].[NH4+]. The molecule has 6 heterocycles. The maximum atomic E-state index is 15.8. The average molecular weight is 706 g/mol. The first-order valence-electron chi connectivity index (χ1n) is 11.9. The van der Waals surface area contributed by atoms with Gasteiger partial charge >= 0.3 is 5.69 Å². The largest absolute Gasteiger partial charge is 0.780 e. The summed E-state index contributed by atoms with van der Waals surface area (Å²) in [5, 5.41) is 0. The number of nitrogens with one attached hydrogen (secondary N) is 1. The number of nitrogens with zero attached hydrogens (tertiary/aromatic N) is 5. The summed E-state index contributed by atoms with van der Waals surface area (Å²) in [4.78, 5) is 50.6. The van der Waals surface area contributed by atoms with Crippen molar-refractivity contribution in [2.45, 2.75) is 49.2 Å². The van der Waals surface area contributed by atoms with Crippen molar-refractivity contribution in [2.24, 2.45) is 0 Å². The summed E-state index contributed by atoms with van der Waals surface area (Å²) in [6.45, 7) is -10.6. The molecule has 0 saturated carbocycles. The zero-order valence-corrected chi connectivity index (χ0v) is 26.1. The highest BCUT2D eigenvalue weighted by atomic mass is 32.7. The van der Waals surface area contributed by atoms with E-state index in [1.807, 2.05) is 4.98 Å². The molecule has 0 spiro atoms. The van der Waals surface area contributed by atoms with Crippen LogP contribution >= 0.6 is 13.5 Å². The van der Waals surface area contributed by atoms with E-state index in [0.717, 1.165) is 18.6 Å². The van der Waals surface area contributed by atoms with Crippen LogP contribution in [-0.4, -0.2) is 79.0 Å². The molecule has 10 atom stereocenters. The summed E-state index contributed by atoms with van der Waals surface area (Å²) in [5.74, 6) is 0.0254. The first kappa shape index (κ1) is 34.6. The van der Waals surface area contributed by atoms with Crippen LogP contribution in [0.3, 0.4) is 0 Å². The molecule has 0 aliphatic carbocycles. The molecule has 6 rings (SSSR count). The number of hydrogen-bond acceptors (Lipinski definition) is 16. The van der Waals surface area contributed by atoms with E-state index >= 15 is 8.78 Å². The van der Waals surface area contributed by atoms with Gasteiger partial charge in [-0.25, -0.2) is 28.5 Å². The molecular formula is C19H27F2N9O10P2S2.